The minimum Gasteiger partial charge on any atom is -0.481 e. The third-order valence-corrected chi connectivity index (χ3v) is 2.40. The molecule has 6 nitrogen and oxygen atoms in total. The van der Waals surface area contributed by atoms with E-state index in [2.05, 4.69) is 5.32 Å². The van der Waals surface area contributed by atoms with Crippen LogP contribution >= 0.6 is 0 Å². The van der Waals surface area contributed by atoms with Crippen molar-refractivity contribution >= 4 is 11.9 Å². The molecule has 0 fully saturated rings. The maximum atomic E-state index is 11.5. The number of ether oxygens (including phenoxy) is 2. The highest BCUT2D eigenvalue weighted by atomic mass is 16.5. The molecule has 2 N–H and O–H groups in total. The van der Waals surface area contributed by atoms with Crippen LogP contribution < -0.4 is 5.32 Å². The number of carbonyl (C=O) groups excluding carboxylic acids is 1. The number of methoxy groups -OCH3 is 1. The van der Waals surface area contributed by atoms with Crippen LogP contribution in [0.4, 0.5) is 0 Å². The normalized spacial score (nSPS) is 11.3. The summed E-state index contributed by atoms with van der Waals surface area (Å²) in [6.07, 6.45) is 0.676. The second-order valence-corrected chi connectivity index (χ2v) is 4.67. The van der Waals surface area contributed by atoms with Crippen molar-refractivity contribution in [3.63, 3.8) is 0 Å². The first kappa shape index (κ1) is 16.9. The van der Waals surface area contributed by atoms with Gasteiger partial charge in [0.25, 0.3) is 0 Å². The molecule has 0 aromatic carbocycles. The lowest BCUT2D eigenvalue weighted by molar-refractivity contribution is -0.149. The van der Waals surface area contributed by atoms with Crippen LogP contribution in [0, 0.1) is 5.41 Å². The minimum atomic E-state index is -1.03. The summed E-state index contributed by atoms with van der Waals surface area (Å²) in [7, 11) is 1.60. The lowest BCUT2D eigenvalue weighted by atomic mass is 9.89. The van der Waals surface area contributed by atoms with Crippen LogP contribution in [-0.4, -0.2) is 50.5 Å². The van der Waals surface area contributed by atoms with Gasteiger partial charge in [0.1, 0.15) is 0 Å². The highest BCUT2D eigenvalue weighted by Gasteiger charge is 2.29. The largest absolute Gasteiger partial charge is 0.481 e. The van der Waals surface area contributed by atoms with E-state index in [-0.39, 0.29) is 12.3 Å². The third-order valence-electron chi connectivity index (χ3n) is 2.40. The minimum absolute atomic E-state index is 0.0210. The van der Waals surface area contributed by atoms with Crippen molar-refractivity contribution in [3.05, 3.63) is 0 Å². The van der Waals surface area contributed by atoms with E-state index in [0.29, 0.717) is 32.8 Å². The lowest BCUT2D eigenvalue weighted by Crippen LogP contribution is -2.34. The van der Waals surface area contributed by atoms with E-state index in [0.717, 1.165) is 0 Å². The number of rotatable bonds is 10. The Labute approximate surface area is 108 Å². The Balaban J connectivity index is 3.57. The van der Waals surface area contributed by atoms with E-state index >= 15 is 0 Å². The van der Waals surface area contributed by atoms with Gasteiger partial charge in [-0.3, -0.25) is 9.59 Å². The third kappa shape index (κ3) is 8.03. The van der Waals surface area contributed by atoms with E-state index in [1.807, 2.05) is 0 Å². The molecule has 0 unspecified atom stereocenters. The van der Waals surface area contributed by atoms with Crippen molar-refractivity contribution < 1.29 is 24.2 Å². The first-order chi connectivity index (χ1) is 8.40. The Morgan fingerprint density at radius 2 is 1.89 bits per heavy atom. The number of amides is 1. The molecular formula is C12H23NO5. The predicted octanol–water partition coefficient (Wildman–Crippen LogP) is 0.657. The molecule has 0 atom stereocenters. The van der Waals surface area contributed by atoms with Crippen LogP contribution in [0.15, 0.2) is 0 Å². The molecule has 0 rings (SSSR count). The molecule has 0 saturated carbocycles. The number of aliphatic carboxylic acids is 1. The molecule has 1 amide bonds. The van der Waals surface area contributed by atoms with Gasteiger partial charge in [-0.1, -0.05) is 0 Å². The number of carboxylic acid groups (broad SMARTS) is 1. The predicted molar refractivity (Wildman–Crippen MR) is 66.4 cm³/mol. The molecule has 0 saturated heterocycles. The Hall–Kier alpha value is -1.14. The van der Waals surface area contributed by atoms with Crippen molar-refractivity contribution in [3.8, 4) is 0 Å². The van der Waals surface area contributed by atoms with Gasteiger partial charge in [0, 0.05) is 26.7 Å². The summed E-state index contributed by atoms with van der Waals surface area (Å²) in [5.74, 6) is -1.22. The second-order valence-electron chi connectivity index (χ2n) is 4.67. The van der Waals surface area contributed by atoms with E-state index < -0.39 is 11.4 Å². The molecule has 0 aromatic heterocycles. The van der Waals surface area contributed by atoms with E-state index in [4.69, 9.17) is 14.6 Å². The first-order valence-electron chi connectivity index (χ1n) is 5.97. The smallest absolute Gasteiger partial charge is 0.309 e. The Morgan fingerprint density at radius 1 is 1.22 bits per heavy atom. The van der Waals surface area contributed by atoms with Crippen LogP contribution in [0.2, 0.25) is 0 Å². The fraction of sp³-hybridized carbons (Fsp3) is 0.833. The van der Waals surface area contributed by atoms with Crippen molar-refractivity contribution in [2.24, 2.45) is 5.41 Å². The maximum absolute atomic E-state index is 11.5. The second kappa shape index (κ2) is 8.88. The molecule has 6 heteroatoms. The summed E-state index contributed by atoms with van der Waals surface area (Å²) < 4.78 is 10.0. The van der Waals surface area contributed by atoms with E-state index in [9.17, 15) is 9.59 Å². The molecule has 18 heavy (non-hydrogen) atoms. The molecule has 0 aliphatic heterocycles. The van der Waals surface area contributed by atoms with E-state index in [1.165, 1.54) is 13.8 Å². The molecule has 0 aliphatic carbocycles. The van der Waals surface area contributed by atoms with Gasteiger partial charge >= 0.3 is 5.97 Å². The van der Waals surface area contributed by atoms with Gasteiger partial charge in [-0.2, -0.15) is 0 Å². The van der Waals surface area contributed by atoms with E-state index in [1.54, 1.807) is 7.11 Å². The van der Waals surface area contributed by atoms with Crippen LogP contribution in [0.3, 0.4) is 0 Å². The van der Waals surface area contributed by atoms with Crippen molar-refractivity contribution in [1.82, 2.24) is 5.32 Å². The van der Waals surface area contributed by atoms with Crippen LogP contribution in [0.5, 0.6) is 0 Å². The number of carbonyl (C=O) groups is 2. The molecule has 0 radical (unpaired) electrons. The Kier molecular flexibility index (Phi) is 8.32. The van der Waals surface area contributed by atoms with Crippen molar-refractivity contribution in [2.45, 2.75) is 26.7 Å². The van der Waals surface area contributed by atoms with Gasteiger partial charge in [-0.05, 0) is 20.3 Å². The van der Waals surface area contributed by atoms with Gasteiger partial charge in [-0.25, -0.2) is 0 Å². The van der Waals surface area contributed by atoms with Crippen LogP contribution in [0.1, 0.15) is 26.7 Å². The van der Waals surface area contributed by atoms with Gasteiger partial charge in [0.05, 0.1) is 18.6 Å². The average molecular weight is 261 g/mol. The lowest BCUT2D eigenvalue weighted by Gasteiger charge is -2.18. The van der Waals surface area contributed by atoms with Crippen molar-refractivity contribution in [1.29, 1.82) is 0 Å². The summed E-state index contributed by atoms with van der Waals surface area (Å²) in [5.41, 5.74) is -1.03. The molecule has 106 valence electrons. The summed E-state index contributed by atoms with van der Waals surface area (Å²) >= 11 is 0. The number of hydrogen-bond acceptors (Lipinski definition) is 4. The first-order valence-corrected chi connectivity index (χ1v) is 5.97. The average Bonchev–Trinajstić information content (AvgIpc) is 2.27. The van der Waals surface area contributed by atoms with Gasteiger partial charge < -0.3 is 19.9 Å². The number of hydrogen-bond donors (Lipinski definition) is 2. The SMILES string of the molecule is COCCOCCCNC(=O)CC(C)(C)C(=O)O. The molecule has 0 spiro atoms. The summed E-state index contributed by atoms with van der Waals surface area (Å²) in [5, 5.41) is 11.5. The molecular weight excluding hydrogens is 238 g/mol. The summed E-state index contributed by atoms with van der Waals surface area (Å²) in [6, 6.07) is 0. The Morgan fingerprint density at radius 3 is 2.44 bits per heavy atom. The van der Waals surface area contributed by atoms with Crippen LogP contribution in [0.25, 0.3) is 0 Å². The summed E-state index contributed by atoms with van der Waals surface area (Å²) in [4.78, 5) is 22.3. The molecule has 0 bridgehead atoms. The number of nitrogens with one attached hydrogen (secondary N) is 1. The topological polar surface area (TPSA) is 84.9 Å². The highest BCUT2D eigenvalue weighted by Crippen LogP contribution is 2.19. The quantitative estimate of drug-likeness (QED) is 0.564. The fourth-order valence-corrected chi connectivity index (χ4v) is 1.19. The van der Waals surface area contributed by atoms with Crippen molar-refractivity contribution in [2.75, 3.05) is 33.5 Å². The van der Waals surface area contributed by atoms with Gasteiger partial charge in [-0.15, -0.1) is 0 Å². The highest BCUT2D eigenvalue weighted by molar-refractivity contribution is 5.84. The zero-order chi connectivity index (χ0) is 14.0. The molecule has 0 heterocycles. The van der Waals surface area contributed by atoms with Gasteiger partial charge in [0.15, 0.2) is 0 Å². The standard InChI is InChI=1S/C12H23NO5/c1-12(2,11(15)16)9-10(14)13-5-4-6-18-8-7-17-3/h4-9H2,1-3H3,(H,13,14)(H,15,16). The Bertz CT molecular complexity index is 265. The zero-order valence-corrected chi connectivity index (χ0v) is 11.3. The molecule has 0 aromatic rings. The number of carboxylic acids is 1. The maximum Gasteiger partial charge on any atom is 0.309 e. The fourth-order valence-electron chi connectivity index (χ4n) is 1.19. The van der Waals surface area contributed by atoms with Gasteiger partial charge in [0.2, 0.25) is 5.91 Å². The summed E-state index contributed by atoms with van der Waals surface area (Å²) in [6.45, 7) is 5.19. The zero-order valence-electron chi connectivity index (χ0n) is 11.3. The molecule has 0 aliphatic rings. The monoisotopic (exact) mass is 261 g/mol. The van der Waals surface area contributed by atoms with Crippen LogP contribution in [-0.2, 0) is 19.1 Å².